The molecule has 3 aromatic rings. The fraction of sp³-hybridized carbons (Fsp3) is 0.382. The Hall–Kier alpha value is -4.42. The number of aliphatic hydroxyl groups is 1. The van der Waals surface area contributed by atoms with Gasteiger partial charge in [-0.25, -0.2) is 0 Å². The molecule has 12 heteroatoms. The molecule has 3 rings (SSSR count). The van der Waals surface area contributed by atoms with E-state index >= 15 is 0 Å². The molecule has 3 amide bonds. The van der Waals surface area contributed by atoms with Gasteiger partial charge in [-0.05, 0) is 66.8 Å². The second kappa shape index (κ2) is 16.8. The third kappa shape index (κ3) is 10.3. The molecule has 2 unspecified atom stereocenters. The molecule has 0 aliphatic carbocycles. The lowest BCUT2D eigenvalue weighted by atomic mass is 9.98. The molecule has 0 saturated carbocycles. The number of nitrogens with one attached hydrogen (secondary N) is 2. The number of hydrogen-bond acceptors (Lipinski definition) is 6. The standard InChI is InChI=1S/C34H41F3N4O5/c1-4-12-41(13-5-2)33(45)26-18-24(31(38)43)17-25(19-26)32(44)40-29(16-22-8-6-10-27(14-22)34(35,36)37)30(42)21-39-20-23-9-7-11-28(15-23)46-3/h6-11,14-15,17-19,29-30,39,42H,4-5,12-13,16,20-21H2,1-3H3,(H2,38,43)(H,40,44). The predicted molar refractivity (Wildman–Crippen MR) is 169 cm³/mol. The van der Waals surface area contributed by atoms with Crippen LogP contribution in [0.25, 0.3) is 0 Å². The summed E-state index contributed by atoms with van der Waals surface area (Å²) >= 11 is 0. The maximum absolute atomic E-state index is 13.6. The van der Waals surface area contributed by atoms with Gasteiger partial charge in [-0.1, -0.05) is 44.2 Å². The molecule has 0 radical (unpaired) electrons. The fourth-order valence-electron chi connectivity index (χ4n) is 5.01. The van der Waals surface area contributed by atoms with E-state index in [9.17, 15) is 32.7 Å². The molecule has 46 heavy (non-hydrogen) atoms. The number of hydrogen-bond donors (Lipinski definition) is 4. The zero-order valence-corrected chi connectivity index (χ0v) is 26.2. The Morgan fingerprint density at radius 2 is 1.54 bits per heavy atom. The summed E-state index contributed by atoms with van der Waals surface area (Å²) in [7, 11) is 1.54. The van der Waals surface area contributed by atoms with E-state index in [4.69, 9.17) is 10.5 Å². The second-order valence-electron chi connectivity index (χ2n) is 11.0. The van der Waals surface area contributed by atoms with E-state index in [2.05, 4.69) is 10.6 Å². The number of amides is 3. The van der Waals surface area contributed by atoms with Crippen molar-refractivity contribution >= 4 is 17.7 Å². The van der Waals surface area contributed by atoms with E-state index < -0.39 is 35.7 Å². The lowest BCUT2D eigenvalue weighted by Gasteiger charge is -2.26. The highest BCUT2D eigenvalue weighted by molar-refractivity contribution is 6.04. The number of carbonyl (C=O) groups excluding carboxylic acids is 3. The summed E-state index contributed by atoms with van der Waals surface area (Å²) in [4.78, 5) is 40.7. The predicted octanol–water partition coefficient (Wildman–Crippen LogP) is 4.57. The summed E-state index contributed by atoms with van der Waals surface area (Å²) in [6.07, 6.45) is -4.55. The quantitative estimate of drug-likeness (QED) is 0.181. The Balaban J connectivity index is 1.90. The highest BCUT2D eigenvalue weighted by Gasteiger charge is 2.31. The van der Waals surface area contributed by atoms with Crippen LogP contribution in [0.5, 0.6) is 5.75 Å². The average Bonchev–Trinajstić information content (AvgIpc) is 3.03. The van der Waals surface area contributed by atoms with Crippen LogP contribution in [-0.4, -0.2) is 66.6 Å². The van der Waals surface area contributed by atoms with Gasteiger partial charge in [0, 0.05) is 42.9 Å². The number of alkyl halides is 3. The van der Waals surface area contributed by atoms with E-state index in [1.165, 1.54) is 30.3 Å². The maximum atomic E-state index is 13.6. The molecule has 0 aliphatic rings. The Morgan fingerprint density at radius 3 is 2.17 bits per heavy atom. The highest BCUT2D eigenvalue weighted by atomic mass is 19.4. The van der Waals surface area contributed by atoms with E-state index in [1.807, 2.05) is 32.0 Å². The third-order valence-electron chi connectivity index (χ3n) is 7.31. The smallest absolute Gasteiger partial charge is 0.416 e. The van der Waals surface area contributed by atoms with Gasteiger partial charge in [0.05, 0.1) is 24.8 Å². The summed E-state index contributed by atoms with van der Waals surface area (Å²) < 4.78 is 45.5. The lowest BCUT2D eigenvalue weighted by molar-refractivity contribution is -0.137. The van der Waals surface area contributed by atoms with E-state index in [-0.39, 0.29) is 41.1 Å². The van der Waals surface area contributed by atoms with Crippen molar-refractivity contribution in [3.8, 4) is 5.75 Å². The van der Waals surface area contributed by atoms with Crippen molar-refractivity contribution < 1.29 is 37.4 Å². The lowest BCUT2D eigenvalue weighted by Crippen LogP contribution is -2.48. The monoisotopic (exact) mass is 642 g/mol. The van der Waals surface area contributed by atoms with Crippen LogP contribution in [-0.2, 0) is 19.1 Å². The minimum atomic E-state index is -4.58. The van der Waals surface area contributed by atoms with Crippen molar-refractivity contribution in [2.24, 2.45) is 5.73 Å². The second-order valence-corrected chi connectivity index (χ2v) is 11.0. The first-order valence-electron chi connectivity index (χ1n) is 15.1. The van der Waals surface area contributed by atoms with E-state index in [0.29, 0.717) is 38.2 Å². The van der Waals surface area contributed by atoms with Crippen LogP contribution in [0, 0.1) is 0 Å². The molecule has 3 aromatic carbocycles. The van der Waals surface area contributed by atoms with Crippen LogP contribution < -0.4 is 21.1 Å². The number of aliphatic hydroxyl groups excluding tert-OH is 1. The van der Waals surface area contributed by atoms with Gasteiger partial charge in [0.1, 0.15) is 5.75 Å². The Bertz CT molecular complexity index is 1490. The van der Waals surface area contributed by atoms with Gasteiger partial charge in [0.2, 0.25) is 5.91 Å². The van der Waals surface area contributed by atoms with E-state index in [0.717, 1.165) is 17.7 Å². The molecule has 0 aromatic heterocycles. The third-order valence-corrected chi connectivity index (χ3v) is 7.31. The number of primary amides is 1. The number of nitrogens with two attached hydrogens (primary N) is 1. The normalized spacial score (nSPS) is 12.7. The number of benzene rings is 3. The zero-order chi connectivity index (χ0) is 33.9. The Labute approximate surface area is 266 Å². The summed E-state index contributed by atoms with van der Waals surface area (Å²) in [5.41, 5.74) is 5.75. The molecule has 0 saturated heterocycles. The van der Waals surface area contributed by atoms with Gasteiger partial charge in [-0.15, -0.1) is 0 Å². The molecule has 0 aliphatic heterocycles. The van der Waals surface area contributed by atoms with Crippen molar-refractivity contribution in [2.45, 2.75) is 58.0 Å². The number of halogens is 3. The molecule has 0 bridgehead atoms. The summed E-state index contributed by atoms with van der Waals surface area (Å²) in [6, 6.07) is 14.8. The minimum absolute atomic E-state index is 0.0187. The average molecular weight is 643 g/mol. The molecule has 5 N–H and O–H groups in total. The molecular weight excluding hydrogens is 601 g/mol. The molecular formula is C34H41F3N4O5. The van der Waals surface area contributed by atoms with Crippen LogP contribution in [0.1, 0.15) is 74.5 Å². The number of nitrogens with zero attached hydrogens (tertiary/aromatic N) is 1. The molecule has 9 nitrogen and oxygen atoms in total. The van der Waals surface area contributed by atoms with Crippen LogP contribution in [0.4, 0.5) is 13.2 Å². The minimum Gasteiger partial charge on any atom is -0.497 e. The number of ether oxygens (including phenoxy) is 1. The topological polar surface area (TPSA) is 134 Å². The number of carbonyl (C=O) groups is 3. The van der Waals surface area contributed by atoms with Crippen molar-refractivity contribution in [3.05, 3.63) is 100 Å². The molecule has 0 heterocycles. The summed E-state index contributed by atoms with van der Waals surface area (Å²) in [5, 5.41) is 17.0. The highest BCUT2D eigenvalue weighted by Crippen LogP contribution is 2.30. The fourth-order valence-corrected chi connectivity index (χ4v) is 5.01. The molecule has 0 spiro atoms. The van der Waals surface area contributed by atoms with Crippen LogP contribution in [0.2, 0.25) is 0 Å². The van der Waals surface area contributed by atoms with Crippen LogP contribution in [0.3, 0.4) is 0 Å². The molecule has 0 fully saturated rings. The first-order valence-corrected chi connectivity index (χ1v) is 15.1. The maximum Gasteiger partial charge on any atom is 0.416 e. The Morgan fingerprint density at radius 1 is 0.913 bits per heavy atom. The van der Waals surface area contributed by atoms with Gasteiger partial charge in [-0.3, -0.25) is 14.4 Å². The SMILES string of the molecule is CCCN(CCC)C(=O)c1cc(C(N)=O)cc(C(=O)NC(Cc2cccc(C(F)(F)F)c2)C(O)CNCc2cccc(OC)c2)c1. The zero-order valence-electron chi connectivity index (χ0n) is 26.2. The molecule has 248 valence electrons. The summed E-state index contributed by atoms with van der Waals surface area (Å²) in [6.45, 7) is 5.13. The van der Waals surface area contributed by atoms with E-state index in [1.54, 1.807) is 18.1 Å². The number of methoxy groups -OCH3 is 1. The van der Waals surface area contributed by atoms with Crippen molar-refractivity contribution in [2.75, 3.05) is 26.7 Å². The summed E-state index contributed by atoms with van der Waals surface area (Å²) in [5.74, 6) is -1.30. The van der Waals surface area contributed by atoms with Gasteiger partial charge in [0.15, 0.2) is 0 Å². The van der Waals surface area contributed by atoms with Gasteiger partial charge < -0.3 is 31.1 Å². The first-order chi connectivity index (χ1) is 21.9. The Kier molecular flexibility index (Phi) is 13.1. The largest absolute Gasteiger partial charge is 0.497 e. The van der Waals surface area contributed by atoms with Gasteiger partial charge in [-0.2, -0.15) is 13.2 Å². The van der Waals surface area contributed by atoms with Crippen LogP contribution in [0.15, 0.2) is 66.7 Å². The first kappa shape index (κ1) is 36.1. The van der Waals surface area contributed by atoms with Crippen LogP contribution >= 0.6 is 0 Å². The molecule has 2 atom stereocenters. The van der Waals surface area contributed by atoms with Gasteiger partial charge in [0.25, 0.3) is 11.8 Å². The van der Waals surface area contributed by atoms with Gasteiger partial charge >= 0.3 is 6.18 Å². The van der Waals surface area contributed by atoms with Crippen molar-refractivity contribution in [1.29, 1.82) is 0 Å². The van der Waals surface area contributed by atoms with Crippen molar-refractivity contribution in [1.82, 2.24) is 15.5 Å². The number of rotatable bonds is 16. The van der Waals surface area contributed by atoms with Crippen molar-refractivity contribution in [3.63, 3.8) is 0 Å².